The average Bonchev–Trinajstić information content (AvgIpc) is 2.82. The smallest absolute Gasteiger partial charge is 0.330 e. The van der Waals surface area contributed by atoms with Crippen molar-refractivity contribution >= 4 is 31.3 Å². The van der Waals surface area contributed by atoms with Crippen LogP contribution in [0.4, 0.5) is 0 Å². The molecule has 0 aromatic heterocycles. The van der Waals surface area contributed by atoms with Gasteiger partial charge >= 0.3 is 5.97 Å². The van der Waals surface area contributed by atoms with Gasteiger partial charge in [0.25, 0.3) is 0 Å². The van der Waals surface area contributed by atoms with Crippen LogP contribution in [0.2, 0.25) is 0 Å². The first-order chi connectivity index (χ1) is 16.0. The average molecular weight is 457 g/mol. The van der Waals surface area contributed by atoms with Crippen LogP contribution >= 0.6 is 9.24 Å². The summed E-state index contributed by atoms with van der Waals surface area (Å²) in [6.45, 7) is 8.22. The van der Waals surface area contributed by atoms with Gasteiger partial charge in [0.2, 0.25) is 0 Å². The third kappa shape index (κ3) is 5.45. The third-order valence-corrected chi connectivity index (χ3v) is 7.11. The van der Waals surface area contributed by atoms with E-state index in [0.29, 0.717) is 11.8 Å². The SMILES string of the molecule is C=CC(=O)OCc1cc2cc(-c3ccc(C4C=CC(C)CC4)cc3P)ccc2cc1CCC. The number of aryl methyl sites for hydroxylation is 1. The number of hydrogen-bond donors (Lipinski definition) is 0. The zero-order chi connectivity index (χ0) is 23.4. The van der Waals surface area contributed by atoms with Gasteiger partial charge in [0, 0.05) is 12.0 Å². The largest absolute Gasteiger partial charge is 0.458 e. The van der Waals surface area contributed by atoms with Gasteiger partial charge in [-0.25, -0.2) is 4.79 Å². The van der Waals surface area contributed by atoms with E-state index in [0.717, 1.165) is 23.8 Å². The second kappa shape index (κ2) is 10.5. The number of hydrogen-bond acceptors (Lipinski definition) is 2. The summed E-state index contributed by atoms with van der Waals surface area (Å²) in [5.74, 6) is 0.821. The highest BCUT2D eigenvalue weighted by atomic mass is 31.0. The van der Waals surface area contributed by atoms with Crippen molar-refractivity contribution in [3.05, 3.63) is 90.0 Å². The van der Waals surface area contributed by atoms with Gasteiger partial charge in [0.05, 0.1) is 0 Å². The summed E-state index contributed by atoms with van der Waals surface area (Å²) in [6, 6.07) is 17.9. The van der Waals surface area contributed by atoms with Crippen LogP contribution in [0.1, 0.15) is 55.7 Å². The number of ether oxygens (including phenoxy) is 1. The zero-order valence-electron chi connectivity index (χ0n) is 19.6. The van der Waals surface area contributed by atoms with Crippen molar-refractivity contribution in [3.63, 3.8) is 0 Å². The van der Waals surface area contributed by atoms with E-state index in [1.165, 1.54) is 51.9 Å². The molecule has 1 aliphatic rings. The molecule has 0 fully saturated rings. The molecule has 0 bridgehead atoms. The van der Waals surface area contributed by atoms with E-state index in [1.54, 1.807) is 0 Å². The normalized spacial score (nSPS) is 17.8. The van der Waals surface area contributed by atoms with Gasteiger partial charge < -0.3 is 4.74 Å². The number of fused-ring (bicyclic) bond motifs is 1. The van der Waals surface area contributed by atoms with Gasteiger partial charge in [-0.2, -0.15) is 0 Å². The maximum absolute atomic E-state index is 11.6. The molecule has 0 saturated carbocycles. The molecular formula is C30H33O2P. The molecule has 0 spiro atoms. The Morgan fingerprint density at radius 3 is 2.58 bits per heavy atom. The molecular weight excluding hydrogens is 423 g/mol. The molecule has 3 atom stereocenters. The van der Waals surface area contributed by atoms with Crippen molar-refractivity contribution in [2.24, 2.45) is 5.92 Å². The van der Waals surface area contributed by atoms with Crippen LogP contribution in [0, 0.1) is 5.92 Å². The first-order valence-corrected chi connectivity index (χ1v) is 12.5. The summed E-state index contributed by atoms with van der Waals surface area (Å²) >= 11 is 0. The second-order valence-corrected chi connectivity index (χ2v) is 9.76. The molecule has 0 radical (unpaired) electrons. The van der Waals surface area contributed by atoms with E-state index in [1.807, 2.05) is 0 Å². The van der Waals surface area contributed by atoms with E-state index in [4.69, 9.17) is 4.74 Å². The fourth-order valence-corrected chi connectivity index (χ4v) is 5.17. The van der Waals surface area contributed by atoms with Crippen molar-refractivity contribution in [2.75, 3.05) is 0 Å². The van der Waals surface area contributed by atoms with Crippen molar-refractivity contribution in [2.45, 2.75) is 52.1 Å². The number of carbonyl (C=O) groups is 1. The Morgan fingerprint density at radius 2 is 1.88 bits per heavy atom. The lowest BCUT2D eigenvalue weighted by Crippen LogP contribution is -2.07. The van der Waals surface area contributed by atoms with E-state index in [2.05, 4.69) is 90.3 Å². The van der Waals surface area contributed by atoms with E-state index < -0.39 is 0 Å². The van der Waals surface area contributed by atoms with Crippen molar-refractivity contribution in [1.29, 1.82) is 0 Å². The molecule has 3 unspecified atom stereocenters. The minimum absolute atomic E-state index is 0.275. The molecule has 0 saturated heterocycles. The lowest BCUT2D eigenvalue weighted by atomic mass is 9.84. The maximum atomic E-state index is 11.6. The molecule has 33 heavy (non-hydrogen) atoms. The fourth-order valence-electron chi connectivity index (χ4n) is 4.71. The van der Waals surface area contributed by atoms with Crippen molar-refractivity contribution in [3.8, 4) is 11.1 Å². The fraction of sp³-hybridized carbons (Fsp3) is 0.300. The first-order valence-electron chi connectivity index (χ1n) is 11.9. The summed E-state index contributed by atoms with van der Waals surface area (Å²) in [4.78, 5) is 11.6. The molecule has 170 valence electrons. The number of benzene rings is 3. The molecule has 3 aromatic carbocycles. The minimum atomic E-state index is -0.388. The standard InChI is InChI=1S/C30H33O2P/c1-4-6-22-15-23-11-12-25(16-26(23)17-27(22)19-32-30(31)5-2)28-14-13-24(18-29(28)33)21-9-7-20(3)8-10-21/h5,7,9,11-18,20-21H,2,4,6,8,10,19,33H2,1,3H3. The molecule has 0 amide bonds. The maximum Gasteiger partial charge on any atom is 0.330 e. The Balaban J connectivity index is 1.66. The summed E-state index contributed by atoms with van der Waals surface area (Å²) in [6.07, 6.45) is 10.4. The van der Waals surface area contributed by atoms with Crippen LogP contribution in [0.15, 0.2) is 73.3 Å². The van der Waals surface area contributed by atoms with Crippen LogP contribution in [0.3, 0.4) is 0 Å². The Bertz CT molecular complexity index is 1210. The van der Waals surface area contributed by atoms with E-state index in [9.17, 15) is 4.79 Å². The van der Waals surface area contributed by atoms with Crippen LogP contribution in [0.5, 0.6) is 0 Å². The first kappa shape index (κ1) is 23.5. The third-order valence-electron chi connectivity index (χ3n) is 6.63. The highest BCUT2D eigenvalue weighted by Gasteiger charge is 2.16. The Morgan fingerprint density at radius 1 is 1.06 bits per heavy atom. The van der Waals surface area contributed by atoms with Gasteiger partial charge in [-0.15, -0.1) is 9.24 Å². The molecule has 2 nitrogen and oxygen atoms in total. The van der Waals surface area contributed by atoms with Crippen LogP contribution in [-0.2, 0) is 22.6 Å². The van der Waals surface area contributed by atoms with E-state index in [-0.39, 0.29) is 12.6 Å². The molecule has 0 N–H and O–H groups in total. The predicted octanol–water partition coefficient (Wildman–Crippen LogP) is 7.26. The second-order valence-electron chi connectivity index (χ2n) is 9.14. The highest BCUT2D eigenvalue weighted by Crippen LogP contribution is 2.32. The number of carbonyl (C=O) groups excluding carboxylic acids is 1. The number of allylic oxidation sites excluding steroid dienone is 2. The van der Waals surface area contributed by atoms with Gasteiger partial charge in [-0.05, 0) is 81.2 Å². The monoisotopic (exact) mass is 456 g/mol. The van der Waals surface area contributed by atoms with Crippen LogP contribution < -0.4 is 5.30 Å². The molecule has 3 aromatic rings. The summed E-state index contributed by atoms with van der Waals surface area (Å²) in [7, 11) is 2.93. The zero-order valence-corrected chi connectivity index (χ0v) is 20.8. The van der Waals surface area contributed by atoms with Gasteiger partial charge in [-0.3, -0.25) is 0 Å². The van der Waals surface area contributed by atoms with Crippen molar-refractivity contribution in [1.82, 2.24) is 0 Å². The van der Waals surface area contributed by atoms with Gasteiger partial charge in [0.15, 0.2) is 0 Å². The molecule has 0 aliphatic heterocycles. The Hall–Kier alpha value is -2.70. The lowest BCUT2D eigenvalue weighted by molar-refractivity contribution is -0.138. The number of rotatable bonds is 7. The van der Waals surface area contributed by atoms with Gasteiger partial charge in [0.1, 0.15) is 6.61 Å². The lowest BCUT2D eigenvalue weighted by Gasteiger charge is -2.21. The Labute approximate surface area is 199 Å². The quantitative estimate of drug-likeness (QED) is 0.162. The molecule has 1 aliphatic carbocycles. The number of esters is 1. The molecule has 3 heteroatoms. The van der Waals surface area contributed by atoms with Gasteiger partial charge in [-0.1, -0.05) is 75.4 Å². The molecule has 0 heterocycles. The summed E-state index contributed by atoms with van der Waals surface area (Å²) in [5.41, 5.74) is 6.13. The topological polar surface area (TPSA) is 26.3 Å². The summed E-state index contributed by atoms with van der Waals surface area (Å²) < 4.78 is 5.36. The Kier molecular flexibility index (Phi) is 7.46. The minimum Gasteiger partial charge on any atom is -0.458 e. The predicted molar refractivity (Wildman–Crippen MR) is 143 cm³/mol. The summed E-state index contributed by atoms with van der Waals surface area (Å²) in [5, 5.41) is 3.60. The van der Waals surface area contributed by atoms with E-state index >= 15 is 0 Å². The van der Waals surface area contributed by atoms with Crippen molar-refractivity contribution < 1.29 is 9.53 Å². The van der Waals surface area contributed by atoms with Crippen LogP contribution in [0.25, 0.3) is 21.9 Å². The van der Waals surface area contributed by atoms with Crippen LogP contribution in [-0.4, -0.2) is 5.97 Å². The highest BCUT2D eigenvalue weighted by molar-refractivity contribution is 7.28. The molecule has 4 rings (SSSR count).